The van der Waals surface area contributed by atoms with Crippen LogP contribution in [0.5, 0.6) is 11.5 Å². The minimum Gasteiger partial charge on any atom is -0.463 e. The summed E-state index contributed by atoms with van der Waals surface area (Å²) >= 11 is 0.696. The summed E-state index contributed by atoms with van der Waals surface area (Å²) < 4.78 is 53.9. The topological polar surface area (TPSA) is 129 Å². The number of rotatable bonds is 7. The second kappa shape index (κ2) is 10.4. The average molecular weight is 548 g/mol. The lowest BCUT2D eigenvalue weighted by Crippen LogP contribution is -2.27. The molecule has 196 valence electrons. The van der Waals surface area contributed by atoms with Gasteiger partial charge in [0.2, 0.25) is 11.5 Å². The van der Waals surface area contributed by atoms with Crippen LogP contribution < -0.4 is 4.74 Å². The molecule has 1 fully saturated rings. The molecule has 0 bridgehead atoms. The summed E-state index contributed by atoms with van der Waals surface area (Å²) in [7, 11) is 1.18. The first-order valence-electron chi connectivity index (χ1n) is 10.5. The number of nitro groups is 1. The zero-order chi connectivity index (χ0) is 27.6. The number of carbonyl (C=O) groups is 3. The molecule has 0 spiro atoms. The van der Waals surface area contributed by atoms with Crippen LogP contribution in [0.4, 0.5) is 23.7 Å². The molecule has 0 atom stereocenters. The molecular weight excluding hydrogens is 533 g/mol. The SMILES string of the molecule is COC(=O)c1ccc(CN2C(=O)S/C(=C/c3ccc(Oc4ccc(C(F)(F)F)cc4[N+](=O)[O-])cc3)C2=O)o1. The van der Waals surface area contributed by atoms with Gasteiger partial charge in [0.1, 0.15) is 11.5 Å². The van der Waals surface area contributed by atoms with E-state index in [9.17, 15) is 37.7 Å². The second-order valence-electron chi connectivity index (χ2n) is 7.63. The summed E-state index contributed by atoms with van der Waals surface area (Å²) in [5.74, 6) is -1.45. The Labute approximate surface area is 215 Å². The van der Waals surface area contributed by atoms with Crippen LogP contribution in [0.3, 0.4) is 0 Å². The Morgan fingerprint density at radius 1 is 1.13 bits per heavy atom. The minimum atomic E-state index is -4.75. The zero-order valence-electron chi connectivity index (χ0n) is 19.2. The number of thioether (sulfide) groups is 1. The molecule has 38 heavy (non-hydrogen) atoms. The van der Waals surface area contributed by atoms with E-state index in [0.717, 1.165) is 11.0 Å². The molecule has 2 aromatic carbocycles. The van der Waals surface area contributed by atoms with Crippen molar-refractivity contribution in [1.29, 1.82) is 0 Å². The van der Waals surface area contributed by atoms with Gasteiger partial charge in [0.15, 0.2) is 0 Å². The van der Waals surface area contributed by atoms with Gasteiger partial charge in [-0.2, -0.15) is 13.2 Å². The molecule has 3 aromatic rings. The Bertz CT molecular complexity index is 1460. The molecule has 0 unspecified atom stereocenters. The fourth-order valence-electron chi connectivity index (χ4n) is 3.30. The van der Waals surface area contributed by atoms with Crippen molar-refractivity contribution in [2.75, 3.05) is 7.11 Å². The first kappa shape index (κ1) is 26.5. The van der Waals surface area contributed by atoms with Crippen molar-refractivity contribution in [3.05, 3.63) is 92.3 Å². The van der Waals surface area contributed by atoms with Crippen molar-refractivity contribution in [2.24, 2.45) is 0 Å². The highest BCUT2D eigenvalue weighted by Crippen LogP contribution is 2.38. The standard InChI is InChI=1S/C24H15F3N2O8S/c1-35-22(31)19-9-7-16(37-19)12-28-21(30)20(38-23(28)32)10-13-2-5-15(6-3-13)36-18-8-4-14(24(25,26)27)11-17(18)29(33)34/h2-11H,12H2,1H3/b20-10+. The zero-order valence-corrected chi connectivity index (χ0v) is 20.0. The Kier molecular flexibility index (Phi) is 7.26. The maximum atomic E-state index is 12.9. The van der Waals surface area contributed by atoms with Crippen molar-refractivity contribution in [3.8, 4) is 11.5 Å². The number of nitrogens with zero attached hydrogens (tertiary/aromatic N) is 2. The summed E-state index contributed by atoms with van der Waals surface area (Å²) in [5.41, 5.74) is -1.56. The number of carbonyl (C=O) groups excluding carboxylic acids is 3. The number of methoxy groups -OCH3 is 1. The predicted molar refractivity (Wildman–Crippen MR) is 126 cm³/mol. The first-order valence-corrected chi connectivity index (χ1v) is 11.3. The molecule has 0 radical (unpaired) electrons. The number of imide groups is 1. The number of ether oxygens (including phenoxy) is 2. The molecule has 0 saturated carbocycles. The number of furan rings is 1. The molecule has 14 heteroatoms. The van der Waals surface area contributed by atoms with Crippen LogP contribution >= 0.6 is 11.8 Å². The molecule has 2 heterocycles. The van der Waals surface area contributed by atoms with Gasteiger partial charge in [-0.3, -0.25) is 24.6 Å². The van der Waals surface area contributed by atoms with E-state index in [0.29, 0.717) is 29.5 Å². The quantitative estimate of drug-likeness (QED) is 0.151. The van der Waals surface area contributed by atoms with Gasteiger partial charge >= 0.3 is 17.8 Å². The van der Waals surface area contributed by atoms with E-state index in [2.05, 4.69) is 4.74 Å². The molecule has 1 aliphatic rings. The Morgan fingerprint density at radius 2 is 1.84 bits per heavy atom. The smallest absolute Gasteiger partial charge is 0.416 e. The highest BCUT2D eigenvalue weighted by Gasteiger charge is 2.36. The van der Waals surface area contributed by atoms with E-state index < -0.39 is 39.5 Å². The van der Waals surface area contributed by atoms with Crippen molar-refractivity contribution in [2.45, 2.75) is 12.7 Å². The van der Waals surface area contributed by atoms with Crippen LogP contribution in [-0.4, -0.2) is 34.0 Å². The van der Waals surface area contributed by atoms with Gasteiger partial charge in [-0.05, 0) is 59.8 Å². The summed E-state index contributed by atoms with van der Waals surface area (Å²) in [5, 5.41) is 10.7. The third-order valence-corrected chi connectivity index (χ3v) is 6.03. The minimum absolute atomic E-state index is 0.0750. The highest BCUT2D eigenvalue weighted by atomic mass is 32.2. The summed E-state index contributed by atoms with van der Waals surface area (Å²) in [6, 6.07) is 10.5. The van der Waals surface area contributed by atoms with Crippen LogP contribution in [0.1, 0.15) is 27.4 Å². The molecule has 10 nitrogen and oxygen atoms in total. The Morgan fingerprint density at radius 3 is 2.47 bits per heavy atom. The number of alkyl halides is 3. The number of hydrogen-bond donors (Lipinski definition) is 0. The van der Waals surface area contributed by atoms with Gasteiger partial charge < -0.3 is 13.9 Å². The molecule has 1 saturated heterocycles. The summed E-state index contributed by atoms with van der Waals surface area (Å²) in [6.07, 6.45) is -3.31. The fraction of sp³-hybridized carbons (Fsp3) is 0.125. The molecule has 1 aromatic heterocycles. The third kappa shape index (κ3) is 5.70. The number of nitro benzene ring substituents is 1. The molecule has 0 aliphatic carbocycles. The Hall–Kier alpha value is -4.59. The van der Waals surface area contributed by atoms with Gasteiger partial charge in [-0.25, -0.2) is 4.79 Å². The van der Waals surface area contributed by atoms with E-state index in [-0.39, 0.29) is 34.5 Å². The van der Waals surface area contributed by atoms with E-state index in [1.165, 1.54) is 49.6 Å². The van der Waals surface area contributed by atoms with E-state index in [1.807, 2.05) is 0 Å². The Balaban J connectivity index is 1.47. The highest BCUT2D eigenvalue weighted by molar-refractivity contribution is 8.18. The molecule has 2 amide bonds. The normalized spacial score (nSPS) is 14.7. The van der Waals surface area contributed by atoms with Crippen LogP contribution in [0.25, 0.3) is 6.08 Å². The van der Waals surface area contributed by atoms with Crippen molar-refractivity contribution < 1.29 is 46.4 Å². The van der Waals surface area contributed by atoms with Crippen LogP contribution in [0.2, 0.25) is 0 Å². The second-order valence-corrected chi connectivity index (χ2v) is 8.63. The molecular formula is C24H15F3N2O8S. The number of benzene rings is 2. The number of halogens is 3. The number of hydrogen-bond acceptors (Lipinski definition) is 9. The van der Waals surface area contributed by atoms with Gasteiger partial charge in [-0.15, -0.1) is 0 Å². The van der Waals surface area contributed by atoms with Crippen molar-refractivity contribution in [1.82, 2.24) is 4.90 Å². The largest absolute Gasteiger partial charge is 0.463 e. The first-order chi connectivity index (χ1) is 18.0. The van der Waals surface area contributed by atoms with Crippen LogP contribution in [-0.2, 0) is 22.3 Å². The van der Waals surface area contributed by atoms with Crippen molar-refractivity contribution in [3.63, 3.8) is 0 Å². The molecule has 4 rings (SSSR count). The number of amides is 2. The van der Waals surface area contributed by atoms with Gasteiger partial charge in [0.05, 0.1) is 29.0 Å². The van der Waals surface area contributed by atoms with Crippen molar-refractivity contribution >= 4 is 40.6 Å². The predicted octanol–water partition coefficient (Wildman–Crippen LogP) is 6.02. The van der Waals surface area contributed by atoms with E-state index in [1.54, 1.807) is 0 Å². The third-order valence-electron chi connectivity index (χ3n) is 5.12. The maximum Gasteiger partial charge on any atom is 0.416 e. The van der Waals surface area contributed by atoms with E-state index >= 15 is 0 Å². The van der Waals surface area contributed by atoms with Gasteiger partial charge in [0, 0.05) is 6.07 Å². The molecule has 0 N–H and O–H groups in total. The number of esters is 1. The summed E-state index contributed by atoms with van der Waals surface area (Å²) in [4.78, 5) is 47.9. The summed E-state index contributed by atoms with van der Waals surface area (Å²) in [6.45, 7) is -0.197. The monoisotopic (exact) mass is 548 g/mol. The van der Waals surface area contributed by atoms with Gasteiger partial charge in [0.25, 0.3) is 11.1 Å². The van der Waals surface area contributed by atoms with Crippen LogP contribution in [0.15, 0.2) is 63.9 Å². The van der Waals surface area contributed by atoms with Crippen LogP contribution in [0, 0.1) is 10.1 Å². The molecule has 1 aliphatic heterocycles. The lowest BCUT2D eigenvalue weighted by molar-refractivity contribution is -0.385. The average Bonchev–Trinajstić information content (AvgIpc) is 3.44. The van der Waals surface area contributed by atoms with E-state index in [4.69, 9.17) is 9.15 Å². The van der Waals surface area contributed by atoms with Gasteiger partial charge in [-0.1, -0.05) is 12.1 Å². The lowest BCUT2D eigenvalue weighted by atomic mass is 10.1. The fourth-order valence-corrected chi connectivity index (χ4v) is 4.14. The maximum absolute atomic E-state index is 12.9. The lowest BCUT2D eigenvalue weighted by Gasteiger charge is -2.10.